The number of methoxy groups -OCH3 is 1. The van der Waals surface area contributed by atoms with Crippen LogP contribution in [-0.2, 0) is 4.74 Å². The van der Waals surface area contributed by atoms with Crippen LogP contribution in [0, 0.1) is 11.8 Å². The minimum atomic E-state index is -0.372. The molecule has 144 valence electrons. The molecule has 1 aromatic carbocycles. The van der Waals surface area contributed by atoms with E-state index in [0.717, 1.165) is 13.0 Å². The molecule has 26 heavy (non-hydrogen) atoms. The molecule has 6 nitrogen and oxygen atoms in total. The van der Waals surface area contributed by atoms with Crippen LogP contribution in [0.4, 0.5) is 5.69 Å². The number of carbonyl (C=O) groups excluding carboxylic acids is 1. The van der Waals surface area contributed by atoms with Crippen molar-refractivity contribution in [3.8, 4) is 17.6 Å². The molecule has 0 spiro atoms. The number of rotatable bonds is 5. The number of nitrogens with one attached hydrogen (secondary N) is 2. The zero-order valence-corrected chi connectivity index (χ0v) is 16.7. The molecule has 1 fully saturated rings. The first kappa shape index (κ1) is 22.4. The van der Waals surface area contributed by atoms with Gasteiger partial charge in [0.1, 0.15) is 5.75 Å². The molecule has 4 N–H and O–H groups in total. The Labute approximate surface area is 165 Å². The van der Waals surface area contributed by atoms with E-state index < -0.39 is 0 Å². The molecule has 0 unspecified atom stereocenters. The Morgan fingerprint density at radius 3 is 2.88 bits per heavy atom. The highest BCUT2D eigenvalue weighted by Crippen LogP contribution is 2.30. The van der Waals surface area contributed by atoms with Crippen LogP contribution >= 0.6 is 24.0 Å². The number of hydrogen-bond donors (Lipinski definition) is 3. The minimum absolute atomic E-state index is 0. The summed E-state index contributed by atoms with van der Waals surface area (Å²) in [4.78, 5) is 12.8. The van der Waals surface area contributed by atoms with Crippen LogP contribution in [-0.4, -0.2) is 44.4 Å². The highest BCUT2D eigenvalue weighted by molar-refractivity contribution is 6.33. The molecule has 0 aliphatic carbocycles. The van der Waals surface area contributed by atoms with Crippen LogP contribution in [0.25, 0.3) is 0 Å². The molecular formula is C18H25Cl2N3O3. The maximum atomic E-state index is 12.8. The van der Waals surface area contributed by atoms with E-state index in [0.29, 0.717) is 28.6 Å². The van der Waals surface area contributed by atoms with Gasteiger partial charge in [-0.3, -0.25) is 4.79 Å². The van der Waals surface area contributed by atoms with Crippen molar-refractivity contribution in [3.05, 3.63) is 22.7 Å². The Bertz CT molecular complexity index is 688. The van der Waals surface area contributed by atoms with Gasteiger partial charge in [0, 0.05) is 19.7 Å². The van der Waals surface area contributed by atoms with Crippen LogP contribution in [0.15, 0.2) is 12.1 Å². The smallest absolute Gasteiger partial charge is 0.255 e. The summed E-state index contributed by atoms with van der Waals surface area (Å²) in [7, 11) is 1.64. The normalized spacial score (nSPS) is 20.2. The average molecular weight is 402 g/mol. The van der Waals surface area contributed by atoms with E-state index in [1.54, 1.807) is 27.0 Å². The summed E-state index contributed by atoms with van der Waals surface area (Å²) in [5, 5.41) is 6.56. The quantitative estimate of drug-likeness (QED) is 0.520. The van der Waals surface area contributed by atoms with E-state index in [1.165, 1.54) is 6.07 Å². The molecule has 1 aliphatic heterocycles. The molecule has 8 heteroatoms. The first-order valence-electron chi connectivity index (χ1n) is 8.18. The number of ether oxygens (including phenoxy) is 2. The van der Waals surface area contributed by atoms with Gasteiger partial charge < -0.3 is 25.8 Å². The molecule has 1 amide bonds. The van der Waals surface area contributed by atoms with Crippen molar-refractivity contribution in [1.29, 1.82) is 0 Å². The second-order valence-corrected chi connectivity index (χ2v) is 6.28. The van der Waals surface area contributed by atoms with Crippen molar-refractivity contribution in [2.45, 2.75) is 38.5 Å². The van der Waals surface area contributed by atoms with Crippen molar-refractivity contribution in [1.82, 2.24) is 10.6 Å². The van der Waals surface area contributed by atoms with E-state index >= 15 is 0 Å². The van der Waals surface area contributed by atoms with E-state index in [-0.39, 0.29) is 36.6 Å². The van der Waals surface area contributed by atoms with E-state index in [2.05, 4.69) is 22.5 Å². The SMILES string of the molecule is CC#C[C@H](C)Oc1cc(N)c(Cl)cc1C(=O)N[C@H]1CCNC[C@H]1OC.Cl. The number of halogens is 2. The number of carbonyl (C=O) groups is 1. The number of anilines is 1. The predicted octanol–water partition coefficient (Wildman–Crippen LogP) is 2.24. The summed E-state index contributed by atoms with van der Waals surface area (Å²) >= 11 is 6.10. The molecular weight excluding hydrogens is 377 g/mol. The Balaban J connectivity index is 0.00000338. The third-order valence-corrected chi connectivity index (χ3v) is 4.37. The highest BCUT2D eigenvalue weighted by Gasteiger charge is 2.28. The van der Waals surface area contributed by atoms with Crippen molar-refractivity contribution in [2.24, 2.45) is 0 Å². The second-order valence-electron chi connectivity index (χ2n) is 5.87. The molecule has 0 radical (unpaired) electrons. The van der Waals surface area contributed by atoms with E-state index in [1.807, 2.05) is 0 Å². The fourth-order valence-corrected chi connectivity index (χ4v) is 2.92. The summed E-state index contributed by atoms with van der Waals surface area (Å²) in [6.45, 7) is 5.04. The second kappa shape index (κ2) is 10.5. The lowest BCUT2D eigenvalue weighted by atomic mass is 10.0. The number of piperidine rings is 1. The number of hydrogen-bond acceptors (Lipinski definition) is 5. The van der Waals surface area contributed by atoms with Crippen LogP contribution in [0.5, 0.6) is 5.75 Å². The lowest BCUT2D eigenvalue weighted by molar-refractivity contribution is 0.0475. The van der Waals surface area contributed by atoms with Gasteiger partial charge in [0.15, 0.2) is 6.10 Å². The Morgan fingerprint density at radius 1 is 1.50 bits per heavy atom. The predicted molar refractivity (Wildman–Crippen MR) is 106 cm³/mol. The van der Waals surface area contributed by atoms with E-state index in [4.69, 9.17) is 26.8 Å². The Kier molecular flexibility index (Phi) is 9.03. The number of nitrogen functional groups attached to an aromatic ring is 1. The standard InChI is InChI=1S/C18H24ClN3O3.ClH/c1-4-5-11(2)25-16-9-14(20)13(19)8-12(16)18(23)22-15-6-7-21-10-17(15)24-3;/h8-9,11,15,17,21H,6-7,10,20H2,1-3H3,(H,22,23);1H/t11-,15-,17+;/m0./s1. The monoisotopic (exact) mass is 401 g/mol. The summed E-state index contributed by atoms with van der Waals surface area (Å²) in [5.41, 5.74) is 6.54. The Morgan fingerprint density at radius 2 is 2.23 bits per heavy atom. The van der Waals surface area contributed by atoms with Gasteiger partial charge in [-0.2, -0.15) is 0 Å². The van der Waals surface area contributed by atoms with Gasteiger partial charge in [0.25, 0.3) is 5.91 Å². The topological polar surface area (TPSA) is 85.6 Å². The summed E-state index contributed by atoms with van der Waals surface area (Å²) in [6.07, 6.45) is 0.319. The van der Waals surface area contributed by atoms with Crippen molar-refractivity contribution in [3.63, 3.8) is 0 Å². The lowest BCUT2D eigenvalue weighted by Gasteiger charge is -2.31. The largest absolute Gasteiger partial charge is 0.477 e. The zero-order valence-electron chi connectivity index (χ0n) is 15.1. The van der Waals surface area contributed by atoms with Crippen molar-refractivity contribution < 1.29 is 14.3 Å². The number of nitrogens with two attached hydrogens (primary N) is 1. The molecule has 2 rings (SSSR count). The van der Waals surface area contributed by atoms with Crippen molar-refractivity contribution in [2.75, 3.05) is 25.9 Å². The summed E-state index contributed by atoms with van der Waals surface area (Å²) in [6, 6.07) is 2.99. The fourth-order valence-electron chi connectivity index (χ4n) is 2.76. The van der Waals surface area contributed by atoms with Crippen LogP contribution in [0.3, 0.4) is 0 Å². The van der Waals surface area contributed by atoms with Gasteiger partial charge in [-0.1, -0.05) is 17.5 Å². The first-order valence-corrected chi connectivity index (χ1v) is 8.56. The summed E-state index contributed by atoms with van der Waals surface area (Å²) in [5.74, 6) is 5.75. The zero-order chi connectivity index (χ0) is 18.4. The number of benzene rings is 1. The van der Waals surface area contributed by atoms with Gasteiger partial charge in [0.2, 0.25) is 0 Å². The van der Waals surface area contributed by atoms with Gasteiger partial charge in [-0.25, -0.2) is 0 Å². The maximum Gasteiger partial charge on any atom is 0.255 e. The molecule has 1 aromatic rings. The Hall–Kier alpha value is -1.65. The lowest BCUT2D eigenvalue weighted by Crippen LogP contribution is -2.53. The van der Waals surface area contributed by atoms with Gasteiger partial charge in [0.05, 0.1) is 28.4 Å². The van der Waals surface area contributed by atoms with Crippen LogP contribution in [0.1, 0.15) is 30.6 Å². The van der Waals surface area contributed by atoms with E-state index in [9.17, 15) is 4.79 Å². The van der Waals surface area contributed by atoms with Gasteiger partial charge in [-0.05, 0) is 32.9 Å². The molecule has 1 heterocycles. The third kappa shape index (κ3) is 5.68. The highest BCUT2D eigenvalue weighted by atomic mass is 35.5. The first-order chi connectivity index (χ1) is 12.0. The van der Waals surface area contributed by atoms with Crippen molar-refractivity contribution >= 4 is 35.6 Å². The molecule has 1 saturated heterocycles. The molecule has 3 atom stereocenters. The molecule has 0 aromatic heterocycles. The third-order valence-electron chi connectivity index (χ3n) is 4.04. The molecule has 0 saturated carbocycles. The minimum Gasteiger partial charge on any atom is -0.477 e. The van der Waals surface area contributed by atoms with Crippen LogP contribution < -0.4 is 21.1 Å². The fraction of sp³-hybridized carbons (Fsp3) is 0.500. The van der Waals surface area contributed by atoms with Gasteiger partial charge in [-0.15, -0.1) is 18.3 Å². The molecule has 0 bridgehead atoms. The average Bonchev–Trinajstić information content (AvgIpc) is 2.58. The number of amides is 1. The molecule has 1 aliphatic rings. The summed E-state index contributed by atoms with van der Waals surface area (Å²) < 4.78 is 11.2. The maximum absolute atomic E-state index is 12.8. The van der Waals surface area contributed by atoms with Gasteiger partial charge >= 0.3 is 0 Å². The van der Waals surface area contributed by atoms with Crippen LogP contribution in [0.2, 0.25) is 5.02 Å².